The van der Waals surface area contributed by atoms with Crippen LogP contribution in [0.15, 0.2) is 48.5 Å². The molecule has 17 heavy (non-hydrogen) atoms. The van der Waals surface area contributed by atoms with Crippen LogP contribution in [0.5, 0.6) is 5.75 Å². The van der Waals surface area contributed by atoms with Crippen LogP contribution in [-0.2, 0) is 0 Å². The van der Waals surface area contributed by atoms with E-state index < -0.39 is 0 Å². The molecular formula is C15H13NO. The minimum absolute atomic E-state index is 0.784. The molecule has 0 aliphatic rings. The van der Waals surface area contributed by atoms with Crippen molar-refractivity contribution in [2.45, 2.75) is 0 Å². The summed E-state index contributed by atoms with van der Waals surface area (Å²) >= 11 is 0. The predicted molar refractivity (Wildman–Crippen MR) is 72.4 cm³/mol. The van der Waals surface area contributed by atoms with Crippen molar-refractivity contribution in [1.29, 1.82) is 0 Å². The quantitative estimate of drug-likeness (QED) is 0.505. The molecule has 0 aromatic heterocycles. The summed E-state index contributed by atoms with van der Waals surface area (Å²) in [6.07, 6.45) is 0. The molecule has 0 radical (unpaired) electrons. The van der Waals surface area contributed by atoms with Crippen LogP contribution >= 0.6 is 0 Å². The molecule has 0 aliphatic heterocycles. The molecule has 0 fully saturated rings. The second-order valence-electron chi connectivity index (χ2n) is 4.14. The fourth-order valence-corrected chi connectivity index (χ4v) is 2.19. The standard InChI is InChI=1S/C15H13NO/c1-17-15-4-2-3-11-7-10-5-6-13(16)8-12(10)9-14(11)15/h2-9H,16H2,1H3. The highest BCUT2D eigenvalue weighted by atomic mass is 16.5. The Kier molecular flexibility index (Phi) is 2.15. The minimum atomic E-state index is 0.784. The molecular weight excluding hydrogens is 210 g/mol. The molecule has 2 N–H and O–H groups in total. The van der Waals surface area contributed by atoms with Crippen LogP contribution in [-0.4, -0.2) is 7.11 Å². The highest BCUT2D eigenvalue weighted by molar-refractivity contribution is 6.01. The Hall–Kier alpha value is -2.22. The van der Waals surface area contributed by atoms with Crippen molar-refractivity contribution in [3.05, 3.63) is 48.5 Å². The summed E-state index contributed by atoms with van der Waals surface area (Å²) < 4.78 is 5.38. The Morgan fingerprint density at radius 3 is 2.59 bits per heavy atom. The number of anilines is 1. The third-order valence-electron chi connectivity index (χ3n) is 3.04. The first-order valence-corrected chi connectivity index (χ1v) is 5.54. The Balaban J connectivity index is 2.44. The maximum atomic E-state index is 5.81. The van der Waals surface area contributed by atoms with Gasteiger partial charge in [-0.2, -0.15) is 0 Å². The molecule has 0 heterocycles. The lowest BCUT2D eigenvalue weighted by Gasteiger charge is -2.07. The zero-order chi connectivity index (χ0) is 11.8. The predicted octanol–water partition coefficient (Wildman–Crippen LogP) is 3.58. The van der Waals surface area contributed by atoms with Crippen LogP contribution in [0.4, 0.5) is 5.69 Å². The monoisotopic (exact) mass is 223 g/mol. The fraction of sp³-hybridized carbons (Fsp3) is 0.0667. The molecule has 0 saturated heterocycles. The van der Waals surface area contributed by atoms with E-state index in [1.165, 1.54) is 10.8 Å². The average molecular weight is 223 g/mol. The van der Waals surface area contributed by atoms with Crippen LogP contribution in [0.3, 0.4) is 0 Å². The largest absolute Gasteiger partial charge is 0.496 e. The van der Waals surface area contributed by atoms with Gasteiger partial charge in [-0.1, -0.05) is 18.2 Å². The number of fused-ring (bicyclic) bond motifs is 2. The lowest BCUT2D eigenvalue weighted by Crippen LogP contribution is -1.86. The van der Waals surface area contributed by atoms with Gasteiger partial charge in [-0.25, -0.2) is 0 Å². The molecule has 2 heteroatoms. The van der Waals surface area contributed by atoms with E-state index in [-0.39, 0.29) is 0 Å². The smallest absolute Gasteiger partial charge is 0.126 e. The van der Waals surface area contributed by atoms with E-state index in [9.17, 15) is 0 Å². The SMILES string of the molecule is COc1cccc2cc3ccc(N)cc3cc12. The number of methoxy groups -OCH3 is 1. The minimum Gasteiger partial charge on any atom is -0.496 e. The molecule has 3 aromatic rings. The Bertz CT molecular complexity index is 704. The normalized spacial score (nSPS) is 10.9. The summed E-state index contributed by atoms with van der Waals surface area (Å²) in [7, 11) is 1.69. The summed E-state index contributed by atoms with van der Waals surface area (Å²) in [6.45, 7) is 0. The maximum Gasteiger partial charge on any atom is 0.126 e. The second kappa shape index (κ2) is 3.67. The second-order valence-corrected chi connectivity index (χ2v) is 4.14. The third kappa shape index (κ3) is 1.58. The van der Waals surface area contributed by atoms with Gasteiger partial charge >= 0.3 is 0 Å². The summed E-state index contributed by atoms with van der Waals surface area (Å²) in [5.41, 5.74) is 6.59. The van der Waals surface area contributed by atoms with Crippen LogP contribution < -0.4 is 10.5 Å². The number of hydrogen-bond donors (Lipinski definition) is 1. The topological polar surface area (TPSA) is 35.2 Å². The van der Waals surface area contributed by atoms with E-state index in [4.69, 9.17) is 10.5 Å². The molecule has 0 saturated carbocycles. The maximum absolute atomic E-state index is 5.81. The van der Waals surface area contributed by atoms with Crippen molar-refractivity contribution in [3.8, 4) is 5.75 Å². The van der Waals surface area contributed by atoms with Crippen molar-refractivity contribution in [2.24, 2.45) is 0 Å². The molecule has 3 aromatic carbocycles. The third-order valence-corrected chi connectivity index (χ3v) is 3.04. The molecule has 0 bridgehead atoms. The van der Waals surface area contributed by atoms with E-state index in [0.717, 1.165) is 22.2 Å². The number of rotatable bonds is 1. The number of benzene rings is 3. The van der Waals surface area contributed by atoms with Gasteiger partial charge in [0.15, 0.2) is 0 Å². The zero-order valence-corrected chi connectivity index (χ0v) is 9.60. The molecule has 84 valence electrons. The van der Waals surface area contributed by atoms with Crippen molar-refractivity contribution in [1.82, 2.24) is 0 Å². The molecule has 0 spiro atoms. The first kappa shape index (κ1) is 9.97. The van der Waals surface area contributed by atoms with Gasteiger partial charge in [0.2, 0.25) is 0 Å². The van der Waals surface area contributed by atoms with Gasteiger partial charge in [0.25, 0.3) is 0 Å². The highest BCUT2D eigenvalue weighted by Crippen LogP contribution is 2.30. The Morgan fingerprint density at radius 2 is 1.76 bits per heavy atom. The van der Waals surface area contributed by atoms with E-state index in [1.807, 2.05) is 30.3 Å². The van der Waals surface area contributed by atoms with Crippen LogP contribution in [0.25, 0.3) is 21.5 Å². The average Bonchev–Trinajstić information content (AvgIpc) is 2.35. The lowest BCUT2D eigenvalue weighted by molar-refractivity contribution is 0.420. The van der Waals surface area contributed by atoms with E-state index in [0.29, 0.717) is 0 Å². The molecule has 3 rings (SSSR count). The summed E-state index contributed by atoms with van der Waals surface area (Å²) in [5.74, 6) is 0.895. The van der Waals surface area contributed by atoms with Gasteiger partial charge in [-0.15, -0.1) is 0 Å². The lowest BCUT2D eigenvalue weighted by atomic mass is 10.0. The van der Waals surface area contributed by atoms with Crippen molar-refractivity contribution in [2.75, 3.05) is 12.8 Å². The van der Waals surface area contributed by atoms with E-state index in [1.54, 1.807) is 7.11 Å². The summed E-state index contributed by atoms with van der Waals surface area (Å²) in [4.78, 5) is 0. The molecule has 0 unspecified atom stereocenters. The van der Waals surface area contributed by atoms with Crippen molar-refractivity contribution >= 4 is 27.2 Å². The highest BCUT2D eigenvalue weighted by Gasteiger charge is 2.03. The van der Waals surface area contributed by atoms with E-state index >= 15 is 0 Å². The van der Waals surface area contributed by atoms with Crippen molar-refractivity contribution < 1.29 is 4.74 Å². The first-order valence-electron chi connectivity index (χ1n) is 5.54. The molecule has 0 amide bonds. The van der Waals surface area contributed by atoms with Gasteiger partial charge < -0.3 is 10.5 Å². The van der Waals surface area contributed by atoms with Gasteiger partial charge in [-0.05, 0) is 46.5 Å². The zero-order valence-electron chi connectivity index (χ0n) is 9.60. The number of hydrogen-bond acceptors (Lipinski definition) is 2. The van der Waals surface area contributed by atoms with Crippen LogP contribution in [0.2, 0.25) is 0 Å². The molecule has 0 atom stereocenters. The van der Waals surface area contributed by atoms with E-state index in [2.05, 4.69) is 18.2 Å². The number of nitrogen functional groups attached to an aromatic ring is 1. The molecule has 2 nitrogen and oxygen atoms in total. The summed E-state index contributed by atoms with van der Waals surface area (Å²) in [5, 5.41) is 4.64. The van der Waals surface area contributed by atoms with Gasteiger partial charge in [-0.3, -0.25) is 0 Å². The van der Waals surface area contributed by atoms with Gasteiger partial charge in [0.05, 0.1) is 7.11 Å². The number of ether oxygens (including phenoxy) is 1. The fourth-order valence-electron chi connectivity index (χ4n) is 2.19. The Labute approximate surface area is 99.6 Å². The van der Waals surface area contributed by atoms with Crippen LogP contribution in [0, 0.1) is 0 Å². The number of nitrogens with two attached hydrogens (primary N) is 1. The summed E-state index contributed by atoms with van der Waals surface area (Å²) in [6, 6.07) is 16.3. The van der Waals surface area contributed by atoms with Gasteiger partial charge in [0, 0.05) is 11.1 Å². The molecule has 0 aliphatic carbocycles. The Morgan fingerprint density at radius 1 is 0.882 bits per heavy atom. The van der Waals surface area contributed by atoms with Crippen LogP contribution in [0.1, 0.15) is 0 Å². The first-order chi connectivity index (χ1) is 8.28. The van der Waals surface area contributed by atoms with Crippen molar-refractivity contribution in [3.63, 3.8) is 0 Å². The van der Waals surface area contributed by atoms with Gasteiger partial charge in [0.1, 0.15) is 5.75 Å².